The highest BCUT2D eigenvalue weighted by molar-refractivity contribution is 5.93. The molecular weight excluding hydrogens is 366 g/mol. The zero-order valence-corrected chi connectivity index (χ0v) is 16.0. The Labute approximate surface area is 169 Å². The predicted octanol–water partition coefficient (Wildman–Crippen LogP) is 2.73. The molecule has 2 aromatic carbocycles. The van der Waals surface area contributed by atoms with Gasteiger partial charge in [-0.1, -0.05) is 60.7 Å². The van der Waals surface area contributed by atoms with Crippen LogP contribution in [-0.4, -0.2) is 36.5 Å². The molecule has 0 spiro atoms. The molecule has 0 bridgehead atoms. The number of ether oxygens (including phenoxy) is 1. The monoisotopic (exact) mass is 389 g/mol. The number of amides is 2. The number of benzene rings is 2. The Kier molecular flexibility index (Phi) is 7.48. The van der Waals surface area contributed by atoms with Crippen LogP contribution in [0.15, 0.2) is 85.2 Å². The molecule has 148 valence electrons. The minimum Gasteiger partial charge on any atom is -0.359 e. The molecule has 0 aliphatic carbocycles. The van der Waals surface area contributed by atoms with E-state index < -0.39 is 0 Å². The summed E-state index contributed by atoms with van der Waals surface area (Å²) < 4.78 is 5.92. The van der Waals surface area contributed by atoms with E-state index in [1.807, 2.05) is 60.7 Å². The molecule has 29 heavy (non-hydrogen) atoms. The minimum atomic E-state index is -0.326. The highest BCUT2D eigenvalue weighted by atomic mass is 16.5. The number of nitrogens with one attached hydrogen (secondary N) is 2. The van der Waals surface area contributed by atoms with Crippen LogP contribution in [0.1, 0.15) is 27.6 Å². The van der Waals surface area contributed by atoms with E-state index in [-0.39, 0.29) is 24.5 Å². The van der Waals surface area contributed by atoms with Gasteiger partial charge in [0.1, 0.15) is 12.7 Å². The van der Waals surface area contributed by atoms with Gasteiger partial charge >= 0.3 is 0 Å². The van der Waals surface area contributed by atoms with Crippen LogP contribution in [0.3, 0.4) is 0 Å². The van der Waals surface area contributed by atoms with Gasteiger partial charge in [-0.3, -0.25) is 14.6 Å². The van der Waals surface area contributed by atoms with Gasteiger partial charge in [-0.15, -0.1) is 0 Å². The zero-order chi connectivity index (χ0) is 20.3. The first kappa shape index (κ1) is 20.2. The van der Waals surface area contributed by atoms with E-state index in [1.165, 1.54) is 6.20 Å². The summed E-state index contributed by atoms with van der Waals surface area (Å²) in [7, 11) is 0. The molecule has 0 fully saturated rings. The van der Waals surface area contributed by atoms with Gasteiger partial charge in [0, 0.05) is 25.5 Å². The van der Waals surface area contributed by atoms with Crippen molar-refractivity contribution in [2.24, 2.45) is 0 Å². The van der Waals surface area contributed by atoms with E-state index in [2.05, 4.69) is 15.6 Å². The third kappa shape index (κ3) is 6.26. The Bertz CT molecular complexity index is 863. The first-order valence-corrected chi connectivity index (χ1v) is 9.40. The quantitative estimate of drug-likeness (QED) is 0.552. The molecule has 0 saturated heterocycles. The Hall–Kier alpha value is -3.51. The maximum Gasteiger partial charge on any atom is 0.252 e. The number of nitrogens with zero attached hydrogens (tertiary/aromatic N) is 1. The second-order valence-electron chi connectivity index (χ2n) is 6.36. The second kappa shape index (κ2) is 10.7. The van der Waals surface area contributed by atoms with Crippen LogP contribution in [0.4, 0.5) is 0 Å². The molecular formula is C23H23N3O3. The summed E-state index contributed by atoms with van der Waals surface area (Å²) in [5, 5.41) is 5.49. The van der Waals surface area contributed by atoms with Crippen molar-refractivity contribution < 1.29 is 14.3 Å². The molecule has 0 aliphatic heterocycles. The van der Waals surface area contributed by atoms with E-state index in [9.17, 15) is 9.59 Å². The molecule has 6 heteroatoms. The summed E-state index contributed by atoms with van der Waals surface area (Å²) in [6.07, 6.45) is 2.78. The standard InChI is InChI=1S/C23H23N3O3/c27-21(25-14-15-26-23(28)20-12-7-13-24-16-20)17-29-22(18-8-3-1-4-9-18)19-10-5-2-6-11-19/h1-13,16,22H,14-15,17H2,(H,25,27)(H,26,28). The van der Waals surface area contributed by atoms with Gasteiger partial charge in [0.05, 0.1) is 5.56 Å². The zero-order valence-electron chi connectivity index (χ0n) is 16.0. The number of hydrogen-bond acceptors (Lipinski definition) is 4. The van der Waals surface area contributed by atoms with Gasteiger partial charge in [-0.05, 0) is 23.3 Å². The average Bonchev–Trinajstić information content (AvgIpc) is 2.79. The van der Waals surface area contributed by atoms with Crippen molar-refractivity contribution in [3.8, 4) is 0 Å². The van der Waals surface area contributed by atoms with Crippen molar-refractivity contribution in [1.82, 2.24) is 15.6 Å². The second-order valence-corrected chi connectivity index (χ2v) is 6.36. The lowest BCUT2D eigenvalue weighted by Crippen LogP contribution is -2.36. The summed E-state index contributed by atoms with van der Waals surface area (Å²) in [5.41, 5.74) is 2.45. The summed E-state index contributed by atoms with van der Waals surface area (Å²) in [4.78, 5) is 28.0. The topological polar surface area (TPSA) is 80.3 Å². The molecule has 3 aromatic rings. The van der Waals surface area contributed by atoms with Gasteiger partial charge < -0.3 is 15.4 Å². The van der Waals surface area contributed by atoms with Crippen molar-refractivity contribution in [2.75, 3.05) is 19.7 Å². The molecule has 0 unspecified atom stereocenters. The Balaban J connectivity index is 1.46. The molecule has 0 saturated carbocycles. The Morgan fingerprint density at radius 1 is 0.828 bits per heavy atom. The number of aromatic nitrogens is 1. The van der Waals surface area contributed by atoms with E-state index >= 15 is 0 Å². The summed E-state index contributed by atoms with van der Waals surface area (Å²) >= 11 is 0. The number of rotatable bonds is 9. The van der Waals surface area contributed by atoms with Crippen LogP contribution in [0.5, 0.6) is 0 Å². The molecule has 0 atom stereocenters. The Morgan fingerprint density at radius 2 is 1.45 bits per heavy atom. The SMILES string of the molecule is O=C(COC(c1ccccc1)c1ccccc1)NCCNC(=O)c1cccnc1. The lowest BCUT2D eigenvalue weighted by Gasteiger charge is -2.19. The van der Waals surface area contributed by atoms with Crippen molar-refractivity contribution in [2.45, 2.75) is 6.10 Å². The predicted molar refractivity (Wildman–Crippen MR) is 110 cm³/mol. The van der Waals surface area contributed by atoms with Crippen LogP contribution < -0.4 is 10.6 Å². The first-order chi connectivity index (χ1) is 14.2. The van der Waals surface area contributed by atoms with Crippen molar-refractivity contribution in [1.29, 1.82) is 0 Å². The largest absolute Gasteiger partial charge is 0.359 e. The van der Waals surface area contributed by atoms with E-state index in [0.717, 1.165) is 11.1 Å². The number of hydrogen-bond donors (Lipinski definition) is 2. The number of pyridine rings is 1. The van der Waals surface area contributed by atoms with Crippen LogP contribution in [0, 0.1) is 0 Å². The maximum absolute atomic E-state index is 12.2. The van der Waals surface area contributed by atoms with Crippen molar-refractivity contribution in [3.05, 3.63) is 102 Å². The molecule has 1 aromatic heterocycles. The fourth-order valence-electron chi connectivity index (χ4n) is 2.83. The van der Waals surface area contributed by atoms with E-state index in [4.69, 9.17) is 4.74 Å². The molecule has 0 radical (unpaired) electrons. The average molecular weight is 389 g/mol. The molecule has 2 amide bonds. The maximum atomic E-state index is 12.2. The molecule has 0 aliphatic rings. The third-order valence-corrected chi connectivity index (χ3v) is 4.24. The Morgan fingerprint density at radius 3 is 2.03 bits per heavy atom. The normalized spacial score (nSPS) is 10.5. The van der Waals surface area contributed by atoms with Crippen LogP contribution in [0.25, 0.3) is 0 Å². The number of carbonyl (C=O) groups excluding carboxylic acids is 2. The van der Waals surface area contributed by atoms with Gasteiger partial charge in [0.2, 0.25) is 5.91 Å². The highest BCUT2D eigenvalue weighted by Crippen LogP contribution is 2.25. The van der Waals surface area contributed by atoms with Crippen LogP contribution >= 0.6 is 0 Å². The van der Waals surface area contributed by atoms with Crippen LogP contribution in [0.2, 0.25) is 0 Å². The summed E-state index contributed by atoms with van der Waals surface area (Å²) in [6, 6.07) is 22.9. The van der Waals surface area contributed by atoms with Gasteiger partial charge in [0.15, 0.2) is 0 Å². The fourth-order valence-corrected chi connectivity index (χ4v) is 2.83. The first-order valence-electron chi connectivity index (χ1n) is 9.40. The van der Waals surface area contributed by atoms with E-state index in [1.54, 1.807) is 18.3 Å². The minimum absolute atomic E-state index is 0.0784. The van der Waals surface area contributed by atoms with Crippen molar-refractivity contribution in [3.63, 3.8) is 0 Å². The molecule has 6 nitrogen and oxygen atoms in total. The van der Waals surface area contributed by atoms with E-state index in [0.29, 0.717) is 18.7 Å². The third-order valence-electron chi connectivity index (χ3n) is 4.24. The lowest BCUT2D eigenvalue weighted by molar-refractivity contribution is -0.127. The summed E-state index contributed by atoms with van der Waals surface area (Å²) in [6.45, 7) is 0.556. The van der Waals surface area contributed by atoms with Crippen LogP contribution in [-0.2, 0) is 9.53 Å². The fraction of sp³-hybridized carbons (Fsp3) is 0.174. The number of carbonyl (C=O) groups is 2. The molecule has 3 rings (SSSR count). The smallest absolute Gasteiger partial charge is 0.252 e. The van der Waals surface area contributed by atoms with Gasteiger partial charge in [-0.2, -0.15) is 0 Å². The van der Waals surface area contributed by atoms with Crippen molar-refractivity contribution >= 4 is 11.8 Å². The molecule has 1 heterocycles. The lowest BCUT2D eigenvalue weighted by atomic mass is 10.0. The highest BCUT2D eigenvalue weighted by Gasteiger charge is 2.16. The summed E-state index contributed by atoms with van der Waals surface area (Å²) in [5.74, 6) is -0.464. The molecule has 2 N–H and O–H groups in total. The van der Waals surface area contributed by atoms with Gasteiger partial charge in [-0.25, -0.2) is 0 Å². The van der Waals surface area contributed by atoms with Gasteiger partial charge in [0.25, 0.3) is 5.91 Å².